The molecule has 5 heteroatoms. The van der Waals surface area contributed by atoms with E-state index in [1.54, 1.807) is 31.4 Å². The summed E-state index contributed by atoms with van der Waals surface area (Å²) >= 11 is 0. The van der Waals surface area contributed by atoms with Crippen molar-refractivity contribution in [1.29, 1.82) is 5.26 Å². The molecule has 130 valence electrons. The maximum atomic E-state index is 12.3. The number of nitrogens with one attached hydrogen (secondary N) is 1. The number of methoxy groups -OCH3 is 1. The van der Waals surface area contributed by atoms with Gasteiger partial charge in [0.2, 0.25) is 0 Å². The number of hydrogen-bond donors (Lipinski definition) is 1. The number of rotatable bonds is 7. The largest absolute Gasteiger partial charge is 0.497 e. The minimum Gasteiger partial charge on any atom is -0.497 e. The zero-order valence-corrected chi connectivity index (χ0v) is 14.7. The number of ether oxygens (including phenoxy) is 2. The molecule has 2 aromatic carbocycles. The van der Waals surface area contributed by atoms with Gasteiger partial charge in [0.05, 0.1) is 24.8 Å². The number of hydrogen-bond acceptors (Lipinski definition) is 4. The minimum absolute atomic E-state index is 0.103. The molecule has 1 amide bonds. The molecule has 0 heterocycles. The van der Waals surface area contributed by atoms with Crippen LogP contribution in [0.5, 0.6) is 11.5 Å². The molecule has 0 fully saturated rings. The minimum atomic E-state index is -0.211. The van der Waals surface area contributed by atoms with Crippen LogP contribution in [-0.2, 0) is 4.79 Å². The molecule has 0 aliphatic carbocycles. The van der Waals surface area contributed by atoms with Gasteiger partial charge in [-0.1, -0.05) is 32.0 Å². The molecule has 0 radical (unpaired) electrons. The van der Waals surface area contributed by atoms with Crippen molar-refractivity contribution in [3.63, 3.8) is 0 Å². The lowest BCUT2D eigenvalue weighted by atomic mass is 9.96. The summed E-state index contributed by atoms with van der Waals surface area (Å²) in [7, 11) is 1.62. The third-order valence-corrected chi connectivity index (χ3v) is 3.79. The number of nitriles is 1. The second kappa shape index (κ2) is 8.74. The quantitative estimate of drug-likeness (QED) is 0.839. The Morgan fingerprint density at radius 1 is 1.16 bits per heavy atom. The Hall–Kier alpha value is -3.00. The normalized spacial score (nSPS) is 11.5. The number of carbonyl (C=O) groups is 1. The Kier molecular flexibility index (Phi) is 6.41. The molecule has 1 N–H and O–H groups in total. The Morgan fingerprint density at radius 3 is 2.48 bits per heavy atom. The molecule has 1 atom stereocenters. The van der Waals surface area contributed by atoms with E-state index < -0.39 is 0 Å². The number of carbonyl (C=O) groups excluding carboxylic acids is 1. The number of nitrogens with zero attached hydrogens (tertiary/aromatic N) is 1. The molecular formula is C20H22N2O3. The summed E-state index contributed by atoms with van der Waals surface area (Å²) in [6, 6.07) is 16.3. The SMILES string of the molecule is COc1ccc(C(NC(=O)COc2cccc(C#N)c2)C(C)C)cc1. The Labute approximate surface area is 148 Å². The molecule has 0 spiro atoms. The van der Waals surface area contributed by atoms with E-state index in [4.69, 9.17) is 14.7 Å². The first kappa shape index (κ1) is 18.3. The van der Waals surface area contributed by atoms with Crippen molar-refractivity contribution >= 4 is 5.91 Å². The van der Waals surface area contributed by atoms with Crippen molar-refractivity contribution in [3.8, 4) is 17.6 Å². The van der Waals surface area contributed by atoms with Gasteiger partial charge in [-0.25, -0.2) is 0 Å². The molecule has 0 saturated heterocycles. The molecule has 25 heavy (non-hydrogen) atoms. The van der Waals surface area contributed by atoms with E-state index in [1.165, 1.54) is 0 Å². The van der Waals surface area contributed by atoms with Crippen LogP contribution in [0.1, 0.15) is 31.0 Å². The van der Waals surface area contributed by atoms with E-state index in [2.05, 4.69) is 5.32 Å². The van der Waals surface area contributed by atoms with Crippen molar-refractivity contribution in [2.45, 2.75) is 19.9 Å². The molecular weight excluding hydrogens is 316 g/mol. The zero-order valence-electron chi connectivity index (χ0n) is 14.7. The van der Waals surface area contributed by atoms with Gasteiger partial charge in [-0.15, -0.1) is 0 Å². The van der Waals surface area contributed by atoms with Gasteiger partial charge >= 0.3 is 0 Å². The molecule has 2 aromatic rings. The van der Waals surface area contributed by atoms with Crippen LogP contribution >= 0.6 is 0 Å². The summed E-state index contributed by atoms with van der Waals surface area (Å²) in [4.78, 5) is 12.3. The first-order valence-electron chi connectivity index (χ1n) is 8.09. The fraction of sp³-hybridized carbons (Fsp3) is 0.300. The van der Waals surface area contributed by atoms with Gasteiger partial charge in [0, 0.05) is 0 Å². The predicted molar refractivity (Wildman–Crippen MR) is 95.4 cm³/mol. The van der Waals surface area contributed by atoms with Crippen molar-refractivity contribution in [3.05, 3.63) is 59.7 Å². The summed E-state index contributed by atoms with van der Waals surface area (Å²) in [6.07, 6.45) is 0. The maximum absolute atomic E-state index is 12.3. The van der Waals surface area contributed by atoms with Crippen LogP contribution in [0, 0.1) is 17.2 Å². The molecule has 0 bridgehead atoms. The summed E-state index contributed by atoms with van der Waals surface area (Å²) in [5.41, 5.74) is 1.51. The first-order chi connectivity index (χ1) is 12.0. The summed E-state index contributed by atoms with van der Waals surface area (Å²) in [5.74, 6) is 1.29. The zero-order chi connectivity index (χ0) is 18.2. The van der Waals surface area contributed by atoms with Crippen LogP contribution in [0.25, 0.3) is 0 Å². The molecule has 0 aliphatic rings. The van der Waals surface area contributed by atoms with Gasteiger partial charge in [-0.2, -0.15) is 5.26 Å². The van der Waals surface area contributed by atoms with E-state index >= 15 is 0 Å². The molecule has 0 aliphatic heterocycles. The van der Waals surface area contributed by atoms with E-state index in [0.717, 1.165) is 11.3 Å². The van der Waals surface area contributed by atoms with Crippen molar-refractivity contribution in [2.24, 2.45) is 5.92 Å². The topological polar surface area (TPSA) is 71.3 Å². The number of benzene rings is 2. The van der Waals surface area contributed by atoms with E-state index in [0.29, 0.717) is 11.3 Å². The van der Waals surface area contributed by atoms with Gasteiger partial charge in [0.25, 0.3) is 5.91 Å². The highest BCUT2D eigenvalue weighted by Gasteiger charge is 2.18. The predicted octanol–water partition coefficient (Wildman–Crippen LogP) is 3.46. The first-order valence-corrected chi connectivity index (χ1v) is 8.09. The smallest absolute Gasteiger partial charge is 0.258 e. The lowest BCUT2D eigenvalue weighted by Gasteiger charge is -2.23. The van der Waals surface area contributed by atoms with Gasteiger partial charge in [0.1, 0.15) is 11.5 Å². The Balaban J connectivity index is 1.98. The van der Waals surface area contributed by atoms with Crippen LogP contribution in [0.2, 0.25) is 0 Å². The monoisotopic (exact) mass is 338 g/mol. The summed E-state index contributed by atoms with van der Waals surface area (Å²) in [6.45, 7) is 3.99. The highest BCUT2D eigenvalue weighted by molar-refractivity contribution is 5.78. The van der Waals surface area contributed by atoms with E-state index in [9.17, 15) is 4.79 Å². The molecule has 1 unspecified atom stereocenters. The van der Waals surface area contributed by atoms with Gasteiger partial charge in [-0.3, -0.25) is 4.79 Å². The third kappa shape index (κ3) is 5.25. The standard InChI is InChI=1S/C20H22N2O3/c1-14(2)20(16-7-9-17(24-3)10-8-16)22-19(23)13-25-18-6-4-5-15(11-18)12-21/h4-11,14,20H,13H2,1-3H3,(H,22,23). The van der Waals surface area contributed by atoms with Crippen LogP contribution in [0.15, 0.2) is 48.5 Å². The second-order valence-corrected chi connectivity index (χ2v) is 5.99. The number of amides is 1. The molecule has 5 nitrogen and oxygen atoms in total. The summed E-state index contributed by atoms with van der Waals surface area (Å²) in [5, 5.41) is 11.9. The average molecular weight is 338 g/mol. The second-order valence-electron chi connectivity index (χ2n) is 5.99. The van der Waals surface area contributed by atoms with E-state index in [-0.39, 0.29) is 24.5 Å². The molecule has 2 rings (SSSR count). The van der Waals surface area contributed by atoms with Crippen LogP contribution in [-0.4, -0.2) is 19.6 Å². The lowest BCUT2D eigenvalue weighted by molar-refractivity contribution is -0.124. The fourth-order valence-electron chi connectivity index (χ4n) is 2.47. The Bertz CT molecular complexity index is 748. The van der Waals surface area contributed by atoms with Gasteiger partial charge in [0.15, 0.2) is 6.61 Å². The lowest BCUT2D eigenvalue weighted by Crippen LogP contribution is -2.35. The van der Waals surface area contributed by atoms with Crippen molar-refractivity contribution in [2.75, 3.05) is 13.7 Å². The third-order valence-electron chi connectivity index (χ3n) is 3.79. The fourth-order valence-corrected chi connectivity index (χ4v) is 2.47. The van der Waals surface area contributed by atoms with Crippen molar-refractivity contribution in [1.82, 2.24) is 5.32 Å². The van der Waals surface area contributed by atoms with Crippen LogP contribution in [0.4, 0.5) is 0 Å². The van der Waals surface area contributed by atoms with Crippen molar-refractivity contribution < 1.29 is 14.3 Å². The Morgan fingerprint density at radius 2 is 1.88 bits per heavy atom. The molecule has 0 aromatic heterocycles. The van der Waals surface area contributed by atoms with E-state index in [1.807, 2.05) is 44.2 Å². The van der Waals surface area contributed by atoms with Gasteiger partial charge in [-0.05, 0) is 41.8 Å². The summed E-state index contributed by atoms with van der Waals surface area (Å²) < 4.78 is 10.6. The van der Waals surface area contributed by atoms with Crippen LogP contribution in [0.3, 0.4) is 0 Å². The van der Waals surface area contributed by atoms with Crippen LogP contribution < -0.4 is 14.8 Å². The van der Waals surface area contributed by atoms with Gasteiger partial charge < -0.3 is 14.8 Å². The highest BCUT2D eigenvalue weighted by atomic mass is 16.5. The maximum Gasteiger partial charge on any atom is 0.258 e. The molecule has 0 saturated carbocycles. The highest BCUT2D eigenvalue weighted by Crippen LogP contribution is 2.24. The average Bonchev–Trinajstić information content (AvgIpc) is 2.64.